The Morgan fingerprint density at radius 3 is 2.38 bits per heavy atom. The summed E-state index contributed by atoms with van der Waals surface area (Å²) in [5.74, 6) is 0.517. The second-order valence-corrected chi connectivity index (χ2v) is 9.57. The molecule has 0 atom stereocenters. The minimum absolute atomic E-state index is 0.000616. The van der Waals surface area contributed by atoms with E-state index in [1.54, 1.807) is 33.8 Å². The fourth-order valence-electron chi connectivity index (χ4n) is 2.93. The third kappa shape index (κ3) is 4.33. The van der Waals surface area contributed by atoms with Crippen molar-refractivity contribution in [3.63, 3.8) is 0 Å². The minimum Gasteiger partial charge on any atom is -0.419 e. The zero-order valence-corrected chi connectivity index (χ0v) is 18.8. The Morgan fingerprint density at radius 1 is 1.10 bits per heavy atom. The molecule has 1 aromatic heterocycles. The molecule has 1 heterocycles. The molecule has 29 heavy (non-hydrogen) atoms. The van der Waals surface area contributed by atoms with E-state index < -0.39 is 10.0 Å². The smallest absolute Gasteiger partial charge is 0.247 e. The van der Waals surface area contributed by atoms with Crippen LogP contribution in [0.1, 0.15) is 30.9 Å². The number of hydrogen-bond acceptors (Lipinski definition) is 5. The maximum Gasteiger partial charge on any atom is 0.247 e. The summed E-state index contributed by atoms with van der Waals surface area (Å²) in [6, 6.07) is 10.6. The highest BCUT2D eigenvalue weighted by molar-refractivity contribution is 7.89. The molecule has 0 N–H and O–H groups in total. The summed E-state index contributed by atoms with van der Waals surface area (Å²) < 4.78 is 34.0. The monoisotopic (exact) mass is 453 g/mol. The standard InChI is InChI=1S/C20H21Cl2N3O3S/c1-12(2)25(11-17-23-24-20(28-17)15-8-6-5-7-9-15)29(26,27)19-14(4)16(21)10-13(3)18(19)22/h5-10,12H,11H2,1-4H3. The van der Waals surface area contributed by atoms with E-state index in [1.165, 1.54) is 4.31 Å². The Bertz CT molecular complexity index is 1100. The van der Waals surface area contributed by atoms with E-state index in [1.807, 2.05) is 30.3 Å². The number of aromatic nitrogens is 2. The van der Waals surface area contributed by atoms with Crippen LogP contribution >= 0.6 is 23.2 Å². The minimum atomic E-state index is -3.97. The first-order valence-electron chi connectivity index (χ1n) is 8.97. The van der Waals surface area contributed by atoms with E-state index in [0.717, 1.165) is 5.56 Å². The lowest BCUT2D eigenvalue weighted by molar-refractivity contribution is 0.313. The van der Waals surface area contributed by atoms with Crippen LogP contribution in [0.25, 0.3) is 11.5 Å². The zero-order valence-electron chi connectivity index (χ0n) is 16.5. The van der Waals surface area contributed by atoms with Gasteiger partial charge in [0.05, 0.1) is 11.6 Å². The van der Waals surface area contributed by atoms with E-state index >= 15 is 0 Å². The molecule has 0 amide bonds. The van der Waals surface area contributed by atoms with Crippen LogP contribution in [0.3, 0.4) is 0 Å². The average Bonchev–Trinajstić information content (AvgIpc) is 3.14. The summed E-state index contributed by atoms with van der Waals surface area (Å²) in [5, 5.41) is 8.56. The van der Waals surface area contributed by atoms with Crippen LogP contribution in [0.2, 0.25) is 10.0 Å². The maximum absolute atomic E-state index is 13.5. The number of hydrogen-bond donors (Lipinski definition) is 0. The molecule has 0 aliphatic heterocycles. The summed E-state index contributed by atoms with van der Waals surface area (Å²) in [7, 11) is -3.97. The summed E-state index contributed by atoms with van der Waals surface area (Å²) in [6.45, 7) is 6.82. The predicted molar refractivity (Wildman–Crippen MR) is 114 cm³/mol. The molecule has 9 heteroatoms. The number of aryl methyl sites for hydroxylation is 1. The van der Waals surface area contributed by atoms with Crippen molar-refractivity contribution in [2.24, 2.45) is 0 Å². The van der Waals surface area contributed by atoms with Gasteiger partial charge in [0, 0.05) is 16.6 Å². The fraction of sp³-hybridized carbons (Fsp3) is 0.300. The Balaban J connectivity index is 2.00. The molecule has 3 aromatic rings. The lowest BCUT2D eigenvalue weighted by Crippen LogP contribution is -2.37. The first-order chi connectivity index (χ1) is 13.6. The highest BCUT2D eigenvalue weighted by atomic mass is 35.5. The molecule has 0 bridgehead atoms. The molecule has 154 valence electrons. The normalized spacial score (nSPS) is 12.1. The quantitative estimate of drug-likeness (QED) is 0.508. The van der Waals surface area contributed by atoms with E-state index in [9.17, 15) is 8.42 Å². The molecule has 0 spiro atoms. The highest BCUT2D eigenvalue weighted by Gasteiger charge is 2.33. The van der Waals surface area contributed by atoms with Gasteiger partial charge in [-0.25, -0.2) is 8.42 Å². The lowest BCUT2D eigenvalue weighted by Gasteiger charge is -2.26. The predicted octanol–water partition coefficient (Wildman–Crippen LogP) is 5.26. The molecule has 0 radical (unpaired) electrons. The molecule has 2 aromatic carbocycles. The fourth-order valence-corrected chi connectivity index (χ4v) is 5.69. The van der Waals surface area contributed by atoms with Gasteiger partial charge in [-0.1, -0.05) is 41.4 Å². The molecule has 0 saturated heterocycles. The van der Waals surface area contributed by atoms with Gasteiger partial charge < -0.3 is 4.42 Å². The van der Waals surface area contributed by atoms with Crippen LogP contribution in [-0.4, -0.2) is 29.0 Å². The van der Waals surface area contributed by atoms with Crippen molar-refractivity contribution in [2.45, 2.75) is 45.2 Å². The van der Waals surface area contributed by atoms with Gasteiger partial charge in [-0.15, -0.1) is 10.2 Å². The molecule has 3 rings (SSSR count). The van der Waals surface area contributed by atoms with Crippen LogP contribution in [0.4, 0.5) is 0 Å². The van der Waals surface area contributed by atoms with Crippen LogP contribution in [0, 0.1) is 13.8 Å². The second kappa shape index (κ2) is 8.44. The molecular weight excluding hydrogens is 433 g/mol. The summed E-state index contributed by atoms with van der Waals surface area (Å²) in [4.78, 5) is 0.000616. The largest absolute Gasteiger partial charge is 0.419 e. The molecule has 0 saturated carbocycles. The van der Waals surface area contributed by atoms with Crippen molar-refractivity contribution in [2.75, 3.05) is 0 Å². The summed E-state index contributed by atoms with van der Waals surface area (Å²) in [5.41, 5.74) is 1.76. The van der Waals surface area contributed by atoms with Gasteiger partial charge in [-0.3, -0.25) is 0 Å². The number of halogens is 2. The van der Waals surface area contributed by atoms with Crippen LogP contribution < -0.4 is 0 Å². The number of nitrogens with zero attached hydrogens (tertiary/aromatic N) is 3. The Hall–Kier alpha value is -1.93. The third-order valence-electron chi connectivity index (χ3n) is 4.51. The van der Waals surface area contributed by atoms with Crippen molar-refractivity contribution in [1.29, 1.82) is 0 Å². The van der Waals surface area contributed by atoms with Gasteiger partial charge in [-0.2, -0.15) is 4.31 Å². The lowest BCUT2D eigenvalue weighted by atomic mass is 10.2. The van der Waals surface area contributed by atoms with E-state index in [-0.39, 0.29) is 28.4 Å². The number of sulfonamides is 1. The van der Waals surface area contributed by atoms with Crippen molar-refractivity contribution in [1.82, 2.24) is 14.5 Å². The Labute approximate surface area is 180 Å². The summed E-state index contributed by atoms with van der Waals surface area (Å²) >= 11 is 12.6. The third-order valence-corrected chi connectivity index (χ3v) is 7.70. The Kier molecular flexibility index (Phi) is 6.33. The topological polar surface area (TPSA) is 76.3 Å². The van der Waals surface area contributed by atoms with Crippen LogP contribution in [0.5, 0.6) is 0 Å². The van der Waals surface area contributed by atoms with Gasteiger partial charge in [0.15, 0.2) is 0 Å². The first kappa shape index (κ1) is 21.8. The molecule has 0 aliphatic rings. The Morgan fingerprint density at radius 2 is 1.76 bits per heavy atom. The van der Waals surface area contributed by atoms with Gasteiger partial charge in [0.2, 0.25) is 21.8 Å². The van der Waals surface area contributed by atoms with Crippen molar-refractivity contribution >= 4 is 33.2 Å². The van der Waals surface area contributed by atoms with Crippen molar-refractivity contribution in [3.05, 3.63) is 63.5 Å². The maximum atomic E-state index is 13.5. The van der Waals surface area contributed by atoms with Crippen LogP contribution in [0.15, 0.2) is 45.7 Å². The van der Waals surface area contributed by atoms with E-state index in [4.69, 9.17) is 27.6 Å². The molecular formula is C20H21Cl2N3O3S. The van der Waals surface area contributed by atoms with Crippen LogP contribution in [-0.2, 0) is 16.6 Å². The highest BCUT2D eigenvalue weighted by Crippen LogP contribution is 2.36. The zero-order chi connectivity index (χ0) is 21.3. The van der Waals surface area contributed by atoms with Gasteiger partial charge >= 0.3 is 0 Å². The van der Waals surface area contributed by atoms with Crippen molar-refractivity contribution in [3.8, 4) is 11.5 Å². The average molecular weight is 454 g/mol. The van der Waals surface area contributed by atoms with Gasteiger partial charge in [-0.05, 0) is 57.0 Å². The van der Waals surface area contributed by atoms with Gasteiger partial charge in [0.25, 0.3) is 0 Å². The number of benzene rings is 2. The second-order valence-electron chi connectivity index (χ2n) is 6.95. The van der Waals surface area contributed by atoms with E-state index in [0.29, 0.717) is 22.0 Å². The van der Waals surface area contributed by atoms with Gasteiger partial charge in [0.1, 0.15) is 4.90 Å². The summed E-state index contributed by atoms with van der Waals surface area (Å²) in [6.07, 6.45) is 0. The molecule has 0 unspecified atom stereocenters. The molecule has 0 aliphatic carbocycles. The number of rotatable bonds is 6. The SMILES string of the molecule is Cc1cc(Cl)c(C)c(S(=O)(=O)N(Cc2nnc(-c3ccccc3)o2)C(C)C)c1Cl. The van der Waals surface area contributed by atoms with E-state index in [2.05, 4.69) is 10.2 Å². The molecule has 6 nitrogen and oxygen atoms in total. The van der Waals surface area contributed by atoms with Crippen molar-refractivity contribution < 1.29 is 12.8 Å². The molecule has 0 fully saturated rings. The first-order valence-corrected chi connectivity index (χ1v) is 11.2.